The predicted octanol–water partition coefficient (Wildman–Crippen LogP) is 2.97. The number of ether oxygens (including phenoxy) is 2. The van der Waals surface area contributed by atoms with Gasteiger partial charge in [-0.15, -0.1) is 0 Å². The van der Waals surface area contributed by atoms with Gasteiger partial charge in [-0.25, -0.2) is 0 Å². The largest absolute Gasteiger partial charge is 0.490 e. The molecule has 1 aliphatic heterocycles. The fourth-order valence-electron chi connectivity index (χ4n) is 3.25. The minimum Gasteiger partial charge on any atom is -0.490 e. The summed E-state index contributed by atoms with van der Waals surface area (Å²) in [7, 11) is 1.81. The standard InChI is InChI=1S/C16H23NO2/c1-11-8-13-9-12(4-5-15(13)19-11)14(17)10-16(18-2)6-3-7-16/h4-5,9,11,14H,3,6-8,10,17H2,1-2H3. The molecule has 2 unspecified atom stereocenters. The number of methoxy groups -OCH3 is 1. The van der Waals surface area contributed by atoms with Crippen molar-refractivity contribution in [3.8, 4) is 5.75 Å². The number of nitrogens with two attached hydrogens (primary N) is 1. The molecule has 3 heteroatoms. The SMILES string of the molecule is COC1(CC(N)c2ccc3c(c2)CC(C)O3)CCC1. The maximum atomic E-state index is 6.37. The maximum Gasteiger partial charge on any atom is 0.123 e. The predicted molar refractivity (Wildman–Crippen MR) is 75.4 cm³/mol. The molecule has 2 atom stereocenters. The summed E-state index contributed by atoms with van der Waals surface area (Å²) in [6.45, 7) is 2.11. The molecule has 3 rings (SSSR count). The third-order valence-electron chi connectivity index (χ3n) is 4.64. The normalized spacial score (nSPS) is 25.3. The Labute approximate surface area is 115 Å². The van der Waals surface area contributed by atoms with Crippen LogP contribution < -0.4 is 10.5 Å². The molecule has 0 bridgehead atoms. The van der Waals surface area contributed by atoms with Crippen LogP contribution in [0.1, 0.15) is 49.8 Å². The van der Waals surface area contributed by atoms with Gasteiger partial charge in [0.25, 0.3) is 0 Å². The minimum absolute atomic E-state index is 0.0300. The van der Waals surface area contributed by atoms with Crippen molar-refractivity contribution < 1.29 is 9.47 Å². The Balaban J connectivity index is 1.74. The van der Waals surface area contributed by atoms with Gasteiger partial charge in [0, 0.05) is 19.6 Å². The molecule has 0 spiro atoms. The van der Waals surface area contributed by atoms with Crippen molar-refractivity contribution in [3.63, 3.8) is 0 Å². The fraction of sp³-hybridized carbons (Fsp3) is 0.625. The minimum atomic E-state index is 0.0300. The molecule has 0 amide bonds. The number of hydrogen-bond donors (Lipinski definition) is 1. The molecule has 1 heterocycles. The van der Waals surface area contributed by atoms with E-state index >= 15 is 0 Å². The molecule has 1 saturated carbocycles. The Morgan fingerprint density at radius 2 is 2.26 bits per heavy atom. The van der Waals surface area contributed by atoms with Gasteiger partial charge in [-0.05, 0) is 49.8 Å². The monoisotopic (exact) mass is 261 g/mol. The fourth-order valence-corrected chi connectivity index (χ4v) is 3.25. The molecule has 1 aromatic rings. The second-order valence-corrected chi connectivity index (χ2v) is 6.05. The Bertz CT molecular complexity index is 462. The average molecular weight is 261 g/mol. The summed E-state index contributed by atoms with van der Waals surface area (Å²) in [6, 6.07) is 6.44. The number of rotatable bonds is 4. The van der Waals surface area contributed by atoms with E-state index in [2.05, 4.69) is 25.1 Å². The van der Waals surface area contributed by atoms with Crippen LogP contribution in [0.3, 0.4) is 0 Å². The smallest absolute Gasteiger partial charge is 0.123 e. The highest BCUT2D eigenvalue weighted by atomic mass is 16.5. The van der Waals surface area contributed by atoms with Crippen LogP contribution in [-0.2, 0) is 11.2 Å². The summed E-state index contributed by atoms with van der Waals surface area (Å²) in [5, 5.41) is 0. The Kier molecular flexibility index (Phi) is 3.27. The van der Waals surface area contributed by atoms with Crippen molar-refractivity contribution in [2.24, 2.45) is 5.73 Å². The molecule has 2 N–H and O–H groups in total. The molecule has 0 radical (unpaired) electrons. The van der Waals surface area contributed by atoms with Gasteiger partial charge >= 0.3 is 0 Å². The van der Waals surface area contributed by atoms with Gasteiger partial charge in [0.2, 0.25) is 0 Å². The second kappa shape index (κ2) is 4.80. The van der Waals surface area contributed by atoms with Crippen molar-refractivity contribution in [2.45, 2.75) is 56.8 Å². The van der Waals surface area contributed by atoms with Crippen LogP contribution in [0, 0.1) is 0 Å². The van der Waals surface area contributed by atoms with Crippen molar-refractivity contribution in [3.05, 3.63) is 29.3 Å². The van der Waals surface area contributed by atoms with Crippen molar-refractivity contribution >= 4 is 0 Å². The second-order valence-electron chi connectivity index (χ2n) is 6.05. The summed E-state index contributed by atoms with van der Waals surface area (Å²) < 4.78 is 11.4. The van der Waals surface area contributed by atoms with Crippen molar-refractivity contribution in [2.75, 3.05) is 7.11 Å². The highest BCUT2D eigenvalue weighted by Gasteiger charge is 2.38. The van der Waals surface area contributed by atoms with E-state index in [4.69, 9.17) is 15.2 Å². The van der Waals surface area contributed by atoms with Crippen LogP contribution in [-0.4, -0.2) is 18.8 Å². The molecule has 3 nitrogen and oxygen atoms in total. The summed E-state index contributed by atoms with van der Waals surface area (Å²) >= 11 is 0. The Morgan fingerprint density at radius 3 is 2.89 bits per heavy atom. The van der Waals surface area contributed by atoms with Crippen molar-refractivity contribution in [1.29, 1.82) is 0 Å². The molecular formula is C16H23NO2. The Hall–Kier alpha value is -1.06. The molecule has 0 saturated heterocycles. The van der Waals surface area contributed by atoms with E-state index in [0.717, 1.165) is 31.4 Å². The van der Waals surface area contributed by atoms with Gasteiger partial charge in [0.15, 0.2) is 0 Å². The molecule has 2 aliphatic rings. The van der Waals surface area contributed by atoms with Gasteiger partial charge in [-0.1, -0.05) is 12.1 Å². The first kappa shape index (κ1) is 12.9. The van der Waals surface area contributed by atoms with Crippen LogP contribution in [0.2, 0.25) is 0 Å². The van der Waals surface area contributed by atoms with E-state index in [1.807, 2.05) is 7.11 Å². The first-order valence-corrected chi connectivity index (χ1v) is 7.22. The zero-order valence-electron chi connectivity index (χ0n) is 11.8. The lowest BCUT2D eigenvalue weighted by Gasteiger charge is -2.42. The zero-order chi connectivity index (χ0) is 13.5. The first-order chi connectivity index (χ1) is 9.12. The number of benzene rings is 1. The molecule has 0 aromatic heterocycles. The van der Waals surface area contributed by atoms with Crippen LogP contribution in [0.5, 0.6) is 5.75 Å². The summed E-state index contributed by atoms with van der Waals surface area (Å²) in [6.07, 6.45) is 5.74. The molecule has 104 valence electrons. The van der Waals surface area contributed by atoms with E-state index in [-0.39, 0.29) is 11.6 Å². The van der Waals surface area contributed by atoms with Crippen molar-refractivity contribution in [1.82, 2.24) is 0 Å². The average Bonchev–Trinajstić information content (AvgIpc) is 2.72. The maximum absolute atomic E-state index is 6.37. The van der Waals surface area contributed by atoms with Crippen LogP contribution >= 0.6 is 0 Å². The molecule has 1 aromatic carbocycles. The van der Waals surface area contributed by atoms with Gasteiger partial charge in [0.1, 0.15) is 11.9 Å². The van der Waals surface area contributed by atoms with Gasteiger partial charge in [-0.2, -0.15) is 0 Å². The molecule has 1 aliphatic carbocycles. The topological polar surface area (TPSA) is 44.5 Å². The third kappa shape index (κ3) is 2.37. The number of hydrogen-bond acceptors (Lipinski definition) is 3. The zero-order valence-corrected chi connectivity index (χ0v) is 11.8. The third-order valence-corrected chi connectivity index (χ3v) is 4.64. The lowest BCUT2D eigenvalue weighted by molar-refractivity contribution is -0.0817. The lowest BCUT2D eigenvalue weighted by Crippen LogP contribution is -2.41. The molecule has 1 fully saturated rings. The van der Waals surface area contributed by atoms with E-state index in [1.54, 1.807) is 0 Å². The number of fused-ring (bicyclic) bond motifs is 1. The van der Waals surface area contributed by atoms with Crippen LogP contribution in [0.15, 0.2) is 18.2 Å². The summed E-state index contributed by atoms with van der Waals surface area (Å²) in [4.78, 5) is 0. The van der Waals surface area contributed by atoms with Gasteiger partial charge in [-0.3, -0.25) is 0 Å². The lowest BCUT2D eigenvalue weighted by atomic mass is 9.75. The van der Waals surface area contributed by atoms with Gasteiger partial charge in [0.05, 0.1) is 5.60 Å². The summed E-state index contributed by atoms with van der Waals surface area (Å²) in [5.41, 5.74) is 8.90. The first-order valence-electron chi connectivity index (χ1n) is 7.22. The summed E-state index contributed by atoms with van der Waals surface area (Å²) in [5.74, 6) is 1.02. The van der Waals surface area contributed by atoms with E-state index in [9.17, 15) is 0 Å². The molecular weight excluding hydrogens is 238 g/mol. The highest BCUT2D eigenvalue weighted by Crippen LogP contribution is 2.42. The van der Waals surface area contributed by atoms with Crippen LogP contribution in [0.4, 0.5) is 0 Å². The molecule has 19 heavy (non-hydrogen) atoms. The highest BCUT2D eigenvalue weighted by molar-refractivity contribution is 5.41. The van der Waals surface area contributed by atoms with Crippen LogP contribution in [0.25, 0.3) is 0 Å². The van der Waals surface area contributed by atoms with E-state index < -0.39 is 0 Å². The Morgan fingerprint density at radius 1 is 1.47 bits per heavy atom. The van der Waals surface area contributed by atoms with Gasteiger partial charge < -0.3 is 15.2 Å². The van der Waals surface area contributed by atoms with E-state index in [0.29, 0.717) is 6.10 Å². The van der Waals surface area contributed by atoms with E-state index in [1.165, 1.54) is 17.5 Å². The quantitative estimate of drug-likeness (QED) is 0.906.